The molecule has 1 aromatic carbocycles. The standard InChI is InChI=1S/C12H17NO3S/c1-13(2)11-6-4-10(5-7-11)12(14)8-9-17(3,15)16/h4-7H,8-9H2,1-3H3. The molecule has 0 fully saturated rings. The summed E-state index contributed by atoms with van der Waals surface area (Å²) in [6.45, 7) is 0. The Labute approximate surface area is 102 Å². The zero-order chi connectivity index (χ0) is 13.1. The lowest BCUT2D eigenvalue weighted by Crippen LogP contribution is -2.11. The van der Waals surface area contributed by atoms with E-state index in [1.54, 1.807) is 12.1 Å². The lowest BCUT2D eigenvalue weighted by molar-refractivity contribution is 0.0989. The van der Waals surface area contributed by atoms with Crippen molar-refractivity contribution in [1.29, 1.82) is 0 Å². The number of carbonyl (C=O) groups excluding carboxylic acids is 1. The number of Topliss-reactive ketones (excluding diaryl/α,β-unsaturated/α-hetero) is 1. The van der Waals surface area contributed by atoms with Crippen LogP contribution in [0.5, 0.6) is 0 Å². The Bertz CT molecular complexity index is 489. The average molecular weight is 255 g/mol. The van der Waals surface area contributed by atoms with Crippen LogP contribution >= 0.6 is 0 Å². The summed E-state index contributed by atoms with van der Waals surface area (Å²) in [6.07, 6.45) is 1.18. The van der Waals surface area contributed by atoms with Gasteiger partial charge in [0.25, 0.3) is 0 Å². The molecule has 0 unspecified atom stereocenters. The van der Waals surface area contributed by atoms with Crippen molar-refractivity contribution < 1.29 is 13.2 Å². The Morgan fingerprint density at radius 3 is 2.12 bits per heavy atom. The summed E-state index contributed by atoms with van der Waals surface area (Å²) in [5.41, 5.74) is 1.56. The topological polar surface area (TPSA) is 54.5 Å². The number of hydrogen-bond donors (Lipinski definition) is 0. The first-order valence-electron chi connectivity index (χ1n) is 5.28. The van der Waals surface area contributed by atoms with Crippen molar-refractivity contribution in [3.8, 4) is 0 Å². The van der Waals surface area contributed by atoms with Crippen molar-refractivity contribution in [2.24, 2.45) is 0 Å². The number of rotatable bonds is 5. The van der Waals surface area contributed by atoms with Crippen LogP contribution in [0.3, 0.4) is 0 Å². The smallest absolute Gasteiger partial charge is 0.163 e. The van der Waals surface area contributed by atoms with E-state index in [2.05, 4.69) is 0 Å². The van der Waals surface area contributed by atoms with Gasteiger partial charge < -0.3 is 4.90 Å². The predicted molar refractivity (Wildman–Crippen MR) is 69.4 cm³/mol. The van der Waals surface area contributed by atoms with Crippen LogP contribution in [0.4, 0.5) is 5.69 Å². The highest BCUT2D eigenvalue weighted by Gasteiger charge is 2.10. The molecule has 0 radical (unpaired) electrons. The Morgan fingerprint density at radius 2 is 1.71 bits per heavy atom. The quantitative estimate of drug-likeness (QED) is 0.746. The predicted octanol–water partition coefficient (Wildman–Crippen LogP) is 1.37. The molecule has 4 nitrogen and oxygen atoms in total. The molecule has 0 aliphatic rings. The molecule has 0 atom stereocenters. The van der Waals surface area contributed by atoms with E-state index in [1.165, 1.54) is 0 Å². The monoisotopic (exact) mass is 255 g/mol. The first-order valence-corrected chi connectivity index (χ1v) is 7.34. The Balaban J connectivity index is 2.70. The first-order chi connectivity index (χ1) is 7.79. The molecule has 0 aromatic heterocycles. The zero-order valence-corrected chi connectivity index (χ0v) is 11.1. The largest absolute Gasteiger partial charge is 0.378 e. The van der Waals surface area contributed by atoms with Crippen molar-refractivity contribution in [2.45, 2.75) is 6.42 Å². The Kier molecular flexibility index (Phi) is 4.28. The highest BCUT2D eigenvalue weighted by Crippen LogP contribution is 2.13. The molecule has 17 heavy (non-hydrogen) atoms. The number of nitrogens with zero attached hydrogens (tertiary/aromatic N) is 1. The second-order valence-electron chi connectivity index (χ2n) is 4.24. The molecule has 0 aliphatic carbocycles. The van der Waals surface area contributed by atoms with E-state index in [0.717, 1.165) is 11.9 Å². The number of ketones is 1. The molecule has 0 saturated heterocycles. The first kappa shape index (κ1) is 13.7. The molecule has 1 rings (SSSR count). The van der Waals surface area contributed by atoms with Crippen LogP contribution in [0.2, 0.25) is 0 Å². The van der Waals surface area contributed by atoms with Gasteiger partial charge in [-0.3, -0.25) is 4.79 Å². The van der Waals surface area contributed by atoms with E-state index in [1.807, 2.05) is 31.1 Å². The van der Waals surface area contributed by atoms with Gasteiger partial charge in [-0.2, -0.15) is 0 Å². The van der Waals surface area contributed by atoms with Gasteiger partial charge in [-0.25, -0.2) is 8.42 Å². The minimum atomic E-state index is -3.08. The molecule has 0 bridgehead atoms. The summed E-state index contributed by atoms with van der Waals surface area (Å²) in [4.78, 5) is 13.6. The van der Waals surface area contributed by atoms with Gasteiger partial charge in [0.1, 0.15) is 9.84 Å². The fourth-order valence-electron chi connectivity index (χ4n) is 1.37. The van der Waals surface area contributed by atoms with Crippen molar-refractivity contribution in [3.05, 3.63) is 29.8 Å². The zero-order valence-electron chi connectivity index (χ0n) is 10.3. The molecule has 0 aliphatic heterocycles. The number of benzene rings is 1. The van der Waals surface area contributed by atoms with E-state index in [9.17, 15) is 13.2 Å². The fraction of sp³-hybridized carbons (Fsp3) is 0.417. The normalized spacial score (nSPS) is 11.2. The number of carbonyl (C=O) groups is 1. The molecule has 0 spiro atoms. The average Bonchev–Trinajstić information content (AvgIpc) is 2.25. The Morgan fingerprint density at radius 1 is 1.18 bits per heavy atom. The van der Waals surface area contributed by atoms with Crippen molar-refractivity contribution in [2.75, 3.05) is 31.0 Å². The highest BCUT2D eigenvalue weighted by molar-refractivity contribution is 7.90. The van der Waals surface area contributed by atoms with Crippen LogP contribution in [0.25, 0.3) is 0 Å². The molecular formula is C12H17NO3S. The van der Waals surface area contributed by atoms with Gasteiger partial charge in [-0.15, -0.1) is 0 Å². The number of hydrogen-bond acceptors (Lipinski definition) is 4. The fourth-order valence-corrected chi connectivity index (χ4v) is 1.92. The van der Waals surface area contributed by atoms with Crippen LogP contribution in [0, 0.1) is 0 Å². The van der Waals surface area contributed by atoms with Crippen molar-refractivity contribution in [3.63, 3.8) is 0 Å². The van der Waals surface area contributed by atoms with Crippen LogP contribution in [0.1, 0.15) is 16.8 Å². The van der Waals surface area contributed by atoms with Gasteiger partial charge in [0.15, 0.2) is 5.78 Å². The third kappa shape index (κ3) is 4.56. The molecule has 0 N–H and O–H groups in total. The summed E-state index contributed by atoms with van der Waals surface area (Å²) in [5.74, 6) is -0.234. The minimum absolute atomic E-state index is 0.0418. The van der Waals surface area contributed by atoms with Gasteiger partial charge in [0.2, 0.25) is 0 Å². The number of sulfone groups is 1. The van der Waals surface area contributed by atoms with E-state index in [-0.39, 0.29) is 18.0 Å². The second-order valence-corrected chi connectivity index (χ2v) is 6.50. The number of anilines is 1. The lowest BCUT2D eigenvalue weighted by atomic mass is 10.1. The van der Waals surface area contributed by atoms with Crippen molar-refractivity contribution in [1.82, 2.24) is 0 Å². The van der Waals surface area contributed by atoms with E-state index < -0.39 is 9.84 Å². The maximum absolute atomic E-state index is 11.7. The SMILES string of the molecule is CN(C)c1ccc(C(=O)CCS(C)(=O)=O)cc1. The summed E-state index contributed by atoms with van der Waals surface area (Å²) in [5, 5.41) is 0. The third-order valence-corrected chi connectivity index (χ3v) is 3.35. The van der Waals surface area contributed by atoms with Crippen LogP contribution in [-0.4, -0.2) is 40.3 Å². The maximum Gasteiger partial charge on any atom is 0.163 e. The van der Waals surface area contributed by atoms with Crippen LogP contribution < -0.4 is 4.90 Å². The van der Waals surface area contributed by atoms with Gasteiger partial charge in [-0.1, -0.05) is 0 Å². The molecular weight excluding hydrogens is 238 g/mol. The summed E-state index contributed by atoms with van der Waals surface area (Å²) in [6, 6.07) is 7.13. The minimum Gasteiger partial charge on any atom is -0.378 e. The summed E-state index contributed by atoms with van der Waals surface area (Å²) < 4.78 is 21.9. The molecule has 0 saturated carbocycles. The van der Waals surface area contributed by atoms with Crippen LogP contribution in [-0.2, 0) is 9.84 Å². The lowest BCUT2D eigenvalue weighted by Gasteiger charge is -2.12. The molecule has 0 heterocycles. The summed E-state index contributed by atoms with van der Waals surface area (Å²) >= 11 is 0. The molecule has 1 aromatic rings. The molecule has 0 amide bonds. The van der Waals surface area contributed by atoms with Gasteiger partial charge in [0, 0.05) is 38.0 Å². The summed E-state index contributed by atoms with van der Waals surface area (Å²) in [7, 11) is 0.756. The van der Waals surface area contributed by atoms with Crippen molar-refractivity contribution >= 4 is 21.3 Å². The second kappa shape index (κ2) is 5.31. The molecule has 94 valence electrons. The van der Waals surface area contributed by atoms with E-state index in [0.29, 0.717) is 5.56 Å². The maximum atomic E-state index is 11.7. The van der Waals surface area contributed by atoms with Gasteiger partial charge in [0.05, 0.1) is 5.75 Å². The van der Waals surface area contributed by atoms with Gasteiger partial charge >= 0.3 is 0 Å². The van der Waals surface area contributed by atoms with Gasteiger partial charge in [-0.05, 0) is 24.3 Å². The van der Waals surface area contributed by atoms with E-state index >= 15 is 0 Å². The Hall–Kier alpha value is -1.36. The third-order valence-electron chi connectivity index (χ3n) is 2.41. The van der Waals surface area contributed by atoms with Crippen LogP contribution in [0.15, 0.2) is 24.3 Å². The molecule has 5 heteroatoms. The van der Waals surface area contributed by atoms with E-state index in [4.69, 9.17) is 0 Å². The highest BCUT2D eigenvalue weighted by atomic mass is 32.2.